The number of aryl methyl sites for hydroxylation is 4. The Kier molecular flexibility index (Phi) is 5.60. The molecule has 7 nitrogen and oxygen atoms in total. The molecular formula is C24H26NO6-. The van der Waals surface area contributed by atoms with Crippen molar-refractivity contribution in [3.8, 4) is 0 Å². The standard InChI is InChI=1S/C24H27NO6/c1-4-7-18(23(27)28)25-20(26)11-16-12(2)15-10-17-14-8-5-6-9-19(14)30-22(17)13(3)21(15)31-24(16)29/h10,18H,4-9,11H2,1-3H3,(H,25,26)(H,27,28)/p-1/t18-/m0/s1. The number of nitrogens with one attached hydrogen (secondary N) is 1. The molecule has 1 amide bonds. The highest BCUT2D eigenvalue weighted by Crippen LogP contribution is 2.37. The largest absolute Gasteiger partial charge is 0.548 e. The number of rotatable bonds is 6. The highest BCUT2D eigenvalue weighted by Gasteiger charge is 2.24. The van der Waals surface area contributed by atoms with Gasteiger partial charge in [0.1, 0.15) is 16.9 Å². The number of carbonyl (C=O) groups is 2. The fraction of sp³-hybridized carbons (Fsp3) is 0.458. The summed E-state index contributed by atoms with van der Waals surface area (Å²) in [7, 11) is 0. The minimum absolute atomic E-state index is 0.231. The van der Waals surface area contributed by atoms with Gasteiger partial charge in [-0.2, -0.15) is 0 Å². The van der Waals surface area contributed by atoms with E-state index < -0.39 is 23.5 Å². The normalized spacial score (nSPS) is 14.5. The molecule has 2 heterocycles. The van der Waals surface area contributed by atoms with E-state index in [-0.39, 0.29) is 18.4 Å². The van der Waals surface area contributed by atoms with Crippen LogP contribution in [-0.4, -0.2) is 17.9 Å². The zero-order chi connectivity index (χ0) is 22.3. The van der Waals surface area contributed by atoms with Gasteiger partial charge in [0.2, 0.25) is 5.91 Å². The third kappa shape index (κ3) is 3.73. The van der Waals surface area contributed by atoms with Gasteiger partial charge in [-0.25, -0.2) is 4.79 Å². The molecule has 0 unspecified atom stereocenters. The van der Waals surface area contributed by atoms with Gasteiger partial charge in [0.15, 0.2) is 0 Å². The van der Waals surface area contributed by atoms with E-state index in [1.165, 1.54) is 5.56 Å². The van der Waals surface area contributed by atoms with Crippen molar-refractivity contribution >= 4 is 33.8 Å². The van der Waals surface area contributed by atoms with Crippen LogP contribution in [0.15, 0.2) is 19.7 Å². The van der Waals surface area contributed by atoms with E-state index in [0.717, 1.165) is 53.4 Å². The molecule has 0 fully saturated rings. The quantitative estimate of drug-likeness (QED) is 0.609. The van der Waals surface area contributed by atoms with Crippen LogP contribution in [0.3, 0.4) is 0 Å². The number of fused-ring (bicyclic) bond motifs is 4. The molecule has 0 saturated carbocycles. The monoisotopic (exact) mass is 424 g/mol. The van der Waals surface area contributed by atoms with Crippen LogP contribution < -0.4 is 16.0 Å². The number of carboxylic acids is 1. The second-order valence-corrected chi connectivity index (χ2v) is 8.36. The maximum absolute atomic E-state index is 12.7. The molecule has 0 spiro atoms. The van der Waals surface area contributed by atoms with Crippen molar-refractivity contribution in [2.45, 2.75) is 71.8 Å². The van der Waals surface area contributed by atoms with Crippen molar-refractivity contribution < 1.29 is 23.5 Å². The molecule has 1 aromatic carbocycles. The maximum Gasteiger partial charge on any atom is 0.340 e. The molecule has 1 aliphatic rings. The Balaban J connectivity index is 1.77. The Labute approximate surface area is 179 Å². The predicted molar refractivity (Wildman–Crippen MR) is 114 cm³/mol. The topological polar surface area (TPSA) is 113 Å². The first-order valence-corrected chi connectivity index (χ1v) is 10.8. The molecule has 1 N–H and O–H groups in total. The summed E-state index contributed by atoms with van der Waals surface area (Å²) in [5.41, 5.74) is 3.50. The average Bonchev–Trinajstić information content (AvgIpc) is 3.11. The smallest absolute Gasteiger partial charge is 0.340 e. The molecule has 2 aromatic heterocycles. The van der Waals surface area contributed by atoms with Crippen LogP contribution in [-0.2, 0) is 28.9 Å². The Morgan fingerprint density at radius 1 is 1.10 bits per heavy atom. The fourth-order valence-corrected chi connectivity index (χ4v) is 4.56. The molecule has 0 radical (unpaired) electrons. The number of hydrogen-bond donors (Lipinski definition) is 1. The molecule has 3 aromatic rings. The average molecular weight is 424 g/mol. The van der Waals surface area contributed by atoms with Crippen LogP contribution in [0, 0.1) is 13.8 Å². The highest BCUT2D eigenvalue weighted by molar-refractivity contribution is 6.00. The fourth-order valence-electron chi connectivity index (χ4n) is 4.56. The summed E-state index contributed by atoms with van der Waals surface area (Å²) in [6.45, 7) is 5.49. The molecule has 0 saturated heterocycles. The molecule has 7 heteroatoms. The zero-order valence-corrected chi connectivity index (χ0v) is 18.1. The van der Waals surface area contributed by atoms with E-state index in [4.69, 9.17) is 8.83 Å². The van der Waals surface area contributed by atoms with Crippen molar-refractivity contribution in [3.63, 3.8) is 0 Å². The molecule has 1 aliphatic carbocycles. The lowest BCUT2D eigenvalue weighted by Gasteiger charge is -2.19. The number of carbonyl (C=O) groups excluding carboxylic acids is 2. The van der Waals surface area contributed by atoms with Crippen molar-refractivity contribution in [1.82, 2.24) is 5.32 Å². The van der Waals surface area contributed by atoms with Gasteiger partial charge >= 0.3 is 5.63 Å². The van der Waals surface area contributed by atoms with E-state index in [1.54, 1.807) is 6.92 Å². The SMILES string of the molecule is CCC[C@H](NC(=O)Cc1c(C)c2cc3c4c(oc3c(C)c2oc1=O)CCCC4)C(=O)[O-]. The Morgan fingerprint density at radius 2 is 1.81 bits per heavy atom. The summed E-state index contributed by atoms with van der Waals surface area (Å²) in [6, 6.07) is 0.913. The lowest BCUT2D eigenvalue weighted by Crippen LogP contribution is -2.48. The number of aliphatic carboxylic acids is 1. The first-order valence-electron chi connectivity index (χ1n) is 10.8. The Bertz CT molecular complexity index is 1250. The van der Waals surface area contributed by atoms with Crippen LogP contribution >= 0.6 is 0 Å². The summed E-state index contributed by atoms with van der Waals surface area (Å²) in [4.78, 5) is 36.4. The zero-order valence-electron chi connectivity index (χ0n) is 18.1. The van der Waals surface area contributed by atoms with Crippen LogP contribution in [0.2, 0.25) is 0 Å². The number of benzene rings is 1. The van der Waals surface area contributed by atoms with Gasteiger partial charge in [0, 0.05) is 28.3 Å². The van der Waals surface area contributed by atoms with E-state index in [1.807, 2.05) is 19.9 Å². The second-order valence-electron chi connectivity index (χ2n) is 8.36. The van der Waals surface area contributed by atoms with Crippen LogP contribution in [0.4, 0.5) is 0 Å². The van der Waals surface area contributed by atoms with Gasteiger partial charge < -0.3 is 24.1 Å². The molecule has 31 heavy (non-hydrogen) atoms. The lowest BCUT2D eigenvalue weighted by molar-refractivity contribution is -0.308. The number of furan rings is 1. The van der Waals surface area contributed by atoms with Crippen molar-refractivity contribution in [3.05, 3.63) is 44.5 Å². The Morgan fingerprint density at radius 3 is 2.52 bits per heavy atom. The van der Waals surface area contributed by atoms with Crippen molar-refractivity contribution in [2.75, 3.05) is 0 Å². The Hall–Kier alpha value is -3.09. The van der Waals surface area contributed by atoms with E-state index >= 15 is 0 Å². The molecule has 4 rings (SSSR count). The third-order valence-electron chi connectivity index (χ3n) is 6.26. The summed E-state index contributed by atoms with van der Waals surface area (Å²) in [5, 5.41) is 15.5. The maximum atomic E-state index is 12.7. The van der Waals surface area contributed by atoms with Crippen LogP contribution in [0.25, 0.3) is 21.9 Å². The number of carboxylic acid groups (broad SMARTS) is 1. The van der Waals surface area contributed by atoms with Gasteiger partial charge in [-0.05, 0) is 51.2 Å². The van der Waals surface area contributed by atoms with Crippen molar-refractivity contribution in [2.24, 2.45) is 0 Å². The summed E-state index contributed by atoms with van der Waals surface area (Å²) >= 11 is 0. The first-order chi connectivity index (χ1) is 14.8. The predicted octanol–water partition coefficient (Wildman–Crippen LogP) is 2.61. The van der Waals surface area contributed by atoms with Gasteiger partial charge in [-0.1, -0.05) is 13.3 Å². The second kappa shape index (κ2) is 8.21. The minimum Gasteiger partial charge on any atom is -0.548 e. The van der Waals surface area contributed by atoms with Gasteiger partial charge in [0.05, 0.1) is 24.0 Å². The number of amides is 1. The molecular weight excluding hydrogens is 398 g/mol. The van der Waals surface area contributed by atoms with Crippen molar-refractivity contribution in [1.29, 1.82) is 0 Å². The van der Waals surface area contributed by atoms with E-state index in [9.17, 15) is 19.5 Å². The van der Waals surface area contributed by atoms with Gasteiger partial charge in [0.25, 0.3) is 0 Å². The summed E-state index contributed by atoms with van der Waals surface area (Å²) in [5.74, 6) is -0.875. The van der Waals surface area contributed by atoms with E-state index in [0.29, 0.717) is 17.6 Å². The minimum atomic E-state index is -1.33. The summed E-state index contributed by atoms with van der Waals surface area (Å²) in [6.07, 6.45) is 4.68. The molecule has 1 atom stereocenters. The van der Waals surface area contributed by atoms with Gasteiger partial charge in [-0.15, -0.1) is 0 Å². The van der Waals surface area contributed by atoms with Gasteiger partial charge in [-0.3, -0.25) is 4.79 Å². The first kappa shape index (κ1) is 21.2. The third-order valence-corrected chi connectivity index (χ3v) is 6.26. The van der Waals surface area contributed by atoms with Crippen LogP contribution in [0.1, 0.15) is 60.6 Å². The van der Waals surface area contributed by atoms with Crippen LogP contribution in [0.5, 0.6) is 0 Å². The molecule has 0 bridgehead atoms. The molecule has 164 valence electrons. The van der Waals surface area contributed by atoms with E-state index in [2.05, 4.69) is 5.32 Å². The highest BCUT2D eigenvalue weighted by atomic mass is 16.4. The molecule has 0 aliphatic heterocycles. The lowest BCUT2D eigenvalue weighted by atomic mass is 9.93. The number of hydrogen-bond acceptors (Lipinski definition) is 6. The summed E-state index contributed by atoms with van der Waals surface area (Å²) < 4.78 is 11.7.